The van der Waals surface area contributed by atoms with E-state index in [1.54, 1.807) is 0 Å². The normalized spacial score (nSPS) is 9.83. The van der Waals surface area contributed by atoms with Crippen LogP contribution in [0.1, 0.15) is 19.3 Å². The molecule has 1 aromatic carbocycles. The lowest BCUT2D eigenvalue weighted by molar-refractivity contribution is -0.116. The summed E-state index contributed by atoms with van der Waals surface area (Å²) in [6, 6.07) is 7.08. The van der Waals surface area contributed by atoms with Gasteiger partial charge in [-0.25, -0.2) is 4.79 Å². The Hall–Kier alpha value is -1.31. The van der Waals surface area contributed by atoms with Crippen LogP contribution in [0.4, 0.5) is 10.5 Å². The summed E-state index contributed by atoms with van der Waals surface area (Å²) in [6.45, 7) is 0.506. The standard InChI is InChI=1S/C12H16IN3O2/c13-9-4-6-10(7-5-9)16-11(17)3-1-2-8-15-12(14)18/h4-7H,1-3,8H2,(H,16,17)(H3,14,15,18). The molecule has 0 unspecified atom stereocenters. The average molecular weight is 361 g/mol. The van der Waals surface area contributed by atoms with E-state index in [2.05, 4.69) is 33.2 Å². The summed E-state index contributed by atoms with van der Waals surface area (Å²) in [5.74, 6) is -0.0183. The van der Waals surface area contributed by atoms with Gasteiger partial charge in [-0.15, -0.1) is 0 Å². The summed E-state index contributed by atoms with van der Waals surface area (Å²) in [5, 5.41) is 5.30. The van der Waals surface area contributed by atoms with Crippen LogP contribution in [0.5, 0.6) is 0 Å². The second-order valence-electron chi connectivity index (χ2n) is 3.80. The molecule has 0 aliphatic rings. The first kappa shape index (κ1) is 14.7. The van der Waals surface area contributed by atoms with Crippen LogP contribution in [0.3, 0.4) is 0 Å². The molecule has 0 heterocycles. The lowest BCUT2D eigenvalue weighted by Gasteiger charge is -2.05. The smallest absolute Gasteiger partial charge is 0.312 e. The molecule has 5 nitrogen and oxygen atoms in total. The molecule has 0 fully saturated rings. The first-order valence-corrected chi connectivity index (χ1v) is 6.74. The van der Waals surface area contributed by atoms with E-state index in [4.69, 9.17) is 5.73 Å². The molecular weight excluding hydrogens is 345 g/mol. The number of carbonyl (C=O) groups excluding carboxylic acids is 2. The molecular formula is C12H16IN3O2. The predicted octanol–water partition coefficient (Wildman–Crippen LogP) is 2.07. The molecule has 0 spiro atoms. The molecule has 0 bridgehead atoms. The maximum Gasteiger partial charge on any atom is 0.312 e. The zero-order valence-corrected chi connectivity index (χ0v) is 12.1. The lowest BCUT2D eigenvalue weighted by Crippen LogP contribution is -2.30. The Bertz CT molecular complexity index is 406. The Labute approximate surface area is 120 Å². The van der Waals surface area contributed by atoms with E-state index in [0.29, 0.717) is 13.0 Å². The highest BCUT2D eigenvalue weighted by atomic mass is 127. The molecule has 0 saturated carbocycles. The van der Waals surface area contributed by atoms with Gasteiger partial charge in [0.15, 0.2) is 0 Å². The molecule has 6 heteroatoms. The Kier molecular flexibility index (Phi) is 6.48. The number of nitrogens with one attached hydrogen (secondary N) is 2. The maximum absolute atomic E-state index is 11.6. The van der Waals surface area contributed by atoms with Crippen molar-refractivity contribution >= 4 is 40.2 Å². The van der Waals surface area contributed by atoms with Gasteiger partial charge in [0.2, 0.25) is 5.91 Å². The summed E-state index contributed by atoms with van der Waals surface area (Å²) in [5.41, 5.74) is 5.72. The van der Waals surface area contributed by atoms with E-state index in [1.165, 1.54) is 0 Å². The number of carbonyl (C=O) groups is 2. The van der Waals surface area contributed by atoms with Crippen molar-refractivity contribution in [3.8, 4) is 0 Å². The van der Waals surface area contributed by atoms with E-state index in [-0.39, 0.29) is 5.91 Å². The zero-order chi connectivity index (χ0) is 13.4. The lowest BCUT2D eigenvalue weighted by atomic mass is 10.2. The minimum atomic E-state index is -0.529. The highest BCUT2D eigenvalue weighted by Gasteiger charge is 2.02. The molecule has 3 amide bonds. The van der Waals surface area contributed by atoms with Crippen LogP contribution in [0, 0.1) is 3.57 Å². The summed E-state index contributed by atoms with van der Waals surface area (Å²) in [7, 11) is 0. The molecule has 18 heavy (non-hydrogen) atoms. The largest absolute Gasteiger partial charge is 0.352 e. The summed E-state index contributed by atoms with van der Waals surface area (Å²) in [4.78, 5) is 22.0. The number of hydrogen-bond donors (Lipinski definition) is 3. The van der Waals surface area contributed by atoms with Gasteiger partial charge in [0.1, 0.15) is 0 Å². The van der Waals surface area contributed by atoms with Crippen molar-refractivity contribution in [3.63, 3.8) is 0 Å². The molecule has 0 aliphatic heterocycles. The quantitative estimate of drug-likeness (QED) is 0.535. The minimum Gasteiger partial charge on any atom is -0.352 e. The Balaban J connectivity index is 2.17. The fourth-order valence-electron chi connectivity index (χ4n) is 1.38. The second kappa shape index (κ2) is 7.91. The van der Waals surface area contributed by atoms with Crippen molar-refractivity contribution in [2.75, 3.05) is 11.9 Å². The Morgan fingerprint density at radius 2 is 1.83 bits per heavy atom. The van der Waals surface area contributed by atoms with E-state index in [0.717, 1.165) is 22.1 Å². The highest BCUT2D eigenvalue weighted by Crippen LogP contribution is 2.11. The summed E-state index contributed by atoms with van der Waals surface area (Å²) in [6.07, 6.45) is 1.89. The molecule has 0 aromatic heterocycles. The van der Waals surface area contributed by atoms with Crippen LogP contribution in [0.2, 0.25) is 0 Å². The van der Waals surface area contributed by atoms with Crippen molar-refractivity contribution in [1.29, 1.82) is 0 Å². The fraction of sp³-hybridized carbons (Fsp3) is 0.333. The van der Waals surface area contributed by atoms with Gasteiger partial charge in [0.25, 0.3) is 0 Å². The third-order valence-electron chi connectivity index (χ3n) is 2.26. The zero-order valence-electron chi connectivity index (χ0n) is 9.91. The van der Waals surface area contributed by atoms with Crippen LogP contribution in [0.25, 0.3) is 0 Å². The molecule has 0 saturated heterocycles. The van der Waals surface area contributed by atoms with Crippen molar-refractivity contribution in [1.82, 2.24) is 5.32 Å². The monoisotopic (exact) mass is 361 g/mol. The van der Waals surface area contributed by atoms with Gasteiger partial charge >= 0.3 is 6.03 Å². The third kappa shape index (κ3) is 6.43. The molecule has 1 aromatic rings. The highest BCUT2D eigenvalue weighted by molar-refractivity contribution is 14.1. The van der Waals surface area contributed by atoms with Gasteiger partial charge in [-0.05, 0) is 59.7 Å². The number of urea groups is 1. The van der Waals surface area contributed by atoms with Gasteiger partial charge in [-0.2, -0.15) is 0 Å². The molecule has 0 radical (unpaired) electrons. The summed E-state index contributed by atoms with van der Waals surface area (Å²) < 4.78 is 1.13. The molecule has 0 aliphatic carbocycles. The summed E-state index contributed by atoms with van der Waals surface area (Å²) >= 11 is 2.21. The predicted molar refractivity (Wildman–Crippen MR) is 79.2 cm³/mol. The Morgan fingerprint density at radius 3 is 2.44 bits per heavy atom. The number of unbranched alkanes of at least 4 members (excludes halogenated alkanes) is 1. The second-order valence-corrected chi connectivity index (χ2v) is 5.05. The maximum atomic E-state index is 11.6. The number of primary amides is 1. The van der Waals surface area contributed by atoms with E-state index in [1.807, 2.05) is 24.3 Å². The van der Waals surface area contributed by atoms with Crippen molar-refractivity contribution in [2.45, 2.75) is 19.3 Å². The molecule has 1 rings (SSSR count). The van der Waals surface area contributed by atoms with Crippen molar-refractivity contribution in [2.24, 2.45) is 5.73 Å². The Morgan fingerprint density at radius 1 is 1.17 bits per heavy atom. The van der Waals surface area contributed by atoms with Crippen LogP contribution < -0.4 is 16.4 Å². The number of nitrogens with two attached hydrogens (primary N) is 1. The molecule has 0 atom stereocenters. The number of rotatable bonds is 6. The van der Waals surface area contributed by atoms with Gasteiger partial charge in [0, 0.05) is 22.2 Å². The average Bonchev–Trinajstić information content (AvgIpc) is 2.31. The first-order valence-electron chi connectivity index (χ1n) is 5.66. The number of hydrogen-bond acceptors (Lipinski definition) is 2. The van der Waals surface area contributed by atoms with Gasteiger partial charge in [-0.3, -0.25) is 4.79 Å². The molecule has 98 valence electrons. The number of benzene rings is 1. The SMILES string of the molecule is NC(=O)NCCCCC(=O)Nc1ccc(I)cc1. The van der Waals surface area contributed by atoms with Crippen LogP contribution in [-0.4, -0.2) is 18.5 Å². The number of amides is 3. The number of anilines is 1. The van der Waals surface area contributed by atoms with Gasteiger partial charge in [-0.1, -0.05) is 0 Å². The molecule has 4 N–H and O–H groups in total. The van der Waals surface area contributed by atoms with Gasteiger partial charge < -0.3 is 16.4 Å². The van der Waals surface area contributed by atoms with Crippen molar-refractivity contribution < 1.29 is 9.59 Å². The van der Waals surface area contributed by atoms with E-state index >= 15 is 0 Å². The van der Waals surface area contributed by atoms with E-state index in [9.17, 15) is 9.59 Å². The van der Waals surface area contributed by atoms with Crippen molar-refractivity contribution in [3.05, 3.63) is 27.8 Å². The van der Waals surface area contributed by atoms with Crippen LogP contribution in [-0.2, 0) is 4.79 Å². The van der Waals surface area contributed by atoms with E-state index < -0.39 is 6.03 Å². The van der Waals surface area contributed by atoms with Crippen LogP contribution in [0.15, 0.2) is 24.3 Å². The van der Waals surface area contributed by atoms with Gasteiger partial charge in [0.05, 0.1) is 0 Å². The number of halogens is 1. The van der Waals surface area contributed by atoms with Crippen LogP contribution >= 0.6 is 22.6 Å². The third-order valence-corrected chi connectivity index (χ3v) is 2.98. The first-order chi connectivity index (χ1) is 8.58. The fourth-order valence-corrected chi connectivity index (χ4v) is 1.74. The minimum absolute atomic E-state index is 0.0183. The topological polar surface area (TPSA) is 84.2 Å².